The highest BCUT2D eigenvalue weighted by Gasteiger charge is 2.29. The van der Waals surface area contributed by atoms with Crippen LogP contribution in [0, 0.1) is 24.1 Å². The summed E-state index contributed by atoms with van der Waals surface area (Å²) in [7, 11) is 0. The largest absolute Gasteiger partial charge is 0.488 e. The normalized spacial score (nSPS) is 15.1. The van der Waals surface area contributed by atoms with E-state index in [1.807, 2.05) is 32.4 Å². The fourth-order valence-corrected chi connectivity index (χ4v) is 4.82. The molecular weight excluding hydrogens is 531 g/mol. The van der Waals surface area contributed by atoms with Crippen molar-refractivity contribution in [3.8, 4) is 23.1 Å². The maximum absolute atomic E-state index is 13.2. The molecule has 1 N–H and O–H groups in total. The van der Waals surface area contributed by atoms with E-state index in [9.17, 15) is 19.6 Å². The third kappa shape index (κ3) is 5.97. The molecule has 0 aromatic carbocycles. The standard InChI is InChI=1S/C28H31FN8O4/c1-17-25(33-34-37(17)21-7-9-35(10-8-21)27(39)41-28(2,3)4)18-11-24(26-19(12-30)13-32-36(26)15-18)40-16-23(38)22-6-5-20(29)14-31-22/h5-6,11,13-15,21,23,38H,7-10,16H2,1-4H3. The lowest BCUT2D eigenvalue weighted by Crippen LogP contribution is -2.42. The maximum Gasteiger partial charge on any atom is 0.410 e. The van der Waals surface area contributed by atoms with Crippen molar-refractivity contribution < 1.29 is 23.8 Å². The smallest absolute Gasteiger partial charge is 0.410 e. The Kier molecular flexibility index (Phi) is 7.59. The third-order valence-corrected chi connectivity index (χ3v) is 6.85. The molecule has 1 aliphatic heterocycles. The van der Waals surface area contributed by atoms with E-state index in [-0.39, 0.29) is 24.4 Å². The molecule has 4 aromatic heterocycles. The van der Waals surface area contributed by atoms with Crippen LogP contribution in [0.4, 0.5) is 9.18 Å². The van der Waals surface area contributed by atoms with Crippen LogP contribution in [-0.4, -0.2) is 71.0 Å². The first-order chi connectivity index (χ1) is 19.5. The molecule has 1 fully saturated rings. The molecule has 0 saturated carbocycles. The Balaban J connectivity index is 1.37. The highest BCUT2D eigenvalue weighted by molar-refractivity contribution is 5.74. The first-order valence-electron chi connectivity index (χ1n) is 13.3. The highest BCUT2D eigenvalue weighted by Crippen LogP contribution is 2.33. The van der Waals surface area contributed by atoms with Crippen LogP contribution in [-0.2, 0) is 4.74 Å². The number of rotatable bonds is 6. The van der Waals surface area contributed by atoms with E-state index in [0.717, 1.165) is 11.9 Å². The summed E-state index contributed by atoms with van der Waals surface area (Å²) in [6.45, 7) is 8.38. The van der Waals surface area contributed by atoms with Gasteiger partial charge in [0, 0.05) is 24.8 Å². The van der Waals surface area contributed by atoms with E-state index in [4.69, 9.17) is 9.47 Å². The van der Waals surface area contributed by atoms with Crippen molar-refractivity contribution in [3.63, 3.8) is 0 Å². The number of amides is 1. The van der Waals surface area contributed by atoms with Crippen molar-refractivity contribution in [3.05, 3.63) is 59.6 Å². The Morgan fingerprint density at radius 1 is 1.27 bits per heavy atom. The van der Waals surface area contributed by atoms with Gasteiger partial charge in [-0.25, -0.2) is 18.4 Å². The van der Waals surface area contributed by atoms with Gasteiger partial charge in [0.05, 0.1) is 29.8 Å². The van der Waals surface area contributed by atoms with Gasteiger partial charge in [0.1, 0.15) is 52.7 Å². The minimum absolute atomic E-state index is 0.0580. The summed E-state index contributed by atoms with van der Waals surface area (Å²) in [4.78, 5) is 18.1. The van der Waals surface area contributed by atoms with Gasteiger partial charge in [-0.1, -0.05) is 5.21 Å². The Labute approximate surface area is 235 Å². The van der Waals surface area contributed by atoms with Crippen LogP contribution in [0.2, 0.25) is 0 Å². The van der Waals surface area contributed by atoms with Gasteiger partial charge in [-0.2, -0.15) is 10.4 Å². The second-order valence-corrected chi connectivity index (χ2v) is 11.0. The topological polar surface area (TPSA) is 144 Å². The molecule has 1 unspecified atom stereocenters. The lowest BCUT2D eigenvalue weighted by molar-refractivity contribution is 0.0183. The predicted molar refractivity (Wildman–Crippen MR) is 144 cm³/mol. The van der Waals surface area contributed by atoms with E-state index in [2.05, 4.69) is 26.5 Å². The van der Waals surface area contributed by atoms with Crippen molar-refractivity contribution in [2.24, 2.45) is 0 Å². The van der Waals surface area contributed by atoms with Gasteiger partial charge >= 0.3 is 6.09 Å². The number of nitriles is 1. The molecule has 5 rings (SSSR count). The molecular formula is C28H31FN8O4. The van der Waals surface area contributed by atoms with E-state index in [1.165, 1.54) is 22.8 Å². The van der Waals surface area contributed by atoms with Gasteiger partial charge in [-0.3, -0.25) is 4.98 Å². The summed E-state index contributed by atoms with van der Waals surface area (Å²) in [5.41, 5.74) is 2.55. The summed E-state index contributed by atoms with van der Waals surface area (Å²) < 4.78 is 28.1. The summed E-state index contributed by atoms with van der Waals surface area (Å²) in [6.07, 6.45) is 4.17. The summed E-state index contributed by atoms with van der Waals surface area (Å²) in [6, 6.07) is 6.49. The van der Waals surface area contributed by atoms with Crippen LogP contribution in [0.3, 0.4) is 0 Å². The number of carbonyl (C=O) groups excluding carboxylic acids is 1. The number of aromatic nitrogens is 6. The number of ether oxygens (including phenoxy) is 2. The summed E-state index contributed by atoms with van der Waals surface area (Å²) in [5.74, 6) is -0.191. The van der Waals surface area contributed by atoms with Crippen molar-refractivity contribution in [2.75, 3.05) is 19.7 Å². The molecule has 0 spiro atoms. The predicted octanol–water partition coefficient (Wildman–Crippen LogP) is 3.99. The van der Waals surface area contributed by atoms with Crippen LogP contribution in [0.1, 0.15) is 62.7 Å². The molecule has 1 amide bonds. The van der Waals surface area contributed by atoms with Crippen LogP contribution in [0.25, 0.3) is 16.8 Å². The molecule has 1 aliphatic rings. The molecule has 1 atom stereocenters. The maximum atomic E-state index is 13.2. The van der Waals surface area contributed by atoms with Crippen molar-refractivity contribution >= 4 is 11.6 Å². The molecule has 0 radical (unpaired) electrons. The van der Waals surface area contributed by atoms with Crippen LogP contribution >= 0.6 is 0 Å². The second-order valence-electron chi connectivity index (χ2n) is 11.0. The molecule has 1 saturated heterocycles. The number of piperidine rings is 1. The number of fused-ring (bicyclic) bond motifs is 1. The molecule has 13 heteroatoms. The number of aliphatic hydroxyl groups is 1. The van der Waals surface area contributed by atoms with Gasteiger partial charge in [0.15, 0.2) is 0 Å². The average molecular weight is 563 g/mol. The number of likely N-dealkylation sites (tertiary alicyclic amines) is 1. The summed E-state index contributed by atoms with van der Waals surface area (Å²) in [5, 5.41) is 33.3. The number of pyridine rings is 2. The molecule has 0 bridgehead atoms. The number of carbonyl (C=O) groups is 1. The minimum Gasteiger partial charge on any atom is -0.488 e. The quantitative estimate of drug-likeness (QED) is 0.369. The fourth-order valence-electron chi connectivity index (χ4n) is 4.82. The van der Waals surface area contributed by atoms with E-state index < -0.39 is 17.5 Å². The molecule has 12 nitrogen and oxygen atoms in total. The lowest BCUT2D eigenvalue weighted by atomic mass is 10.0. The Bertz CT molecular complexity index is 1590. The Hall–Kier alpha value is -4.57. The number of nitrogens with zero attached hydrogens (tertiary/aromatic N) is 8. The fraction of sp³-hybridized carbons (Fsp3) is 0.429. The molecule has 214 valence electrons. The Morgan fingerprint density at radius 3 is 2.68 bits per heavy atom. The summed E-state index contributed by atoms with van der Waals surface area (Å²) >= 11 is 0. The van der Waals surface area contributed by atoms with Gasteiger partial charge in [0.25, 0.3) is 0 Å². The van der Waals surface area contributed by atoms with E-state index in [0.29, 0.717) is 54.0 Å². The molecule has 41 heavy (non-hydrogen) atoms. The van der Waals surface area contributed by atoms with E-state index >= 15 is 0 Å². The molecule has 0 aliphatic carbocycles. The Morgan fingerprint density at radius 2 is 2.02 bits per heavy atom. The van der Waals surface area contributed by atoms with Gasteiger partial charge in [0.2, 0.25) is 0 Å². The molecule has 5 heterocycles. The van der Waals surface area contributed by atoms with Gasteiger partial charge in [-0.15, -0.1) is 5.10 Å². The van der Waals surface area contributed by atoms with Crippen LogP contribution < -0.4 is 4.74 Å². The van der Waals surface area contributed by atoms with Crippen molar-refractivity contribution in [1.29, 1.82) is 5.26 Å². The van der Waals surface area contributed by atoms with Crippen molar-refractivity contribution in [2.45, 2.75) is 58.3 Å². The number of hydrogen-bond donors (Lipinski definition) is 1. The third-order valence-electron chi connectivity index (χ3n) is 6.85. The van der Waals surface area contributed by atoms with Crippen LogP contribution in [0.15, 0.2) is 36.8 Å². The highest BCUT2D eigenvalue weighted by atomic mass is 19.1. The monoisotopic (exact) mass is 562 g/mol. The zero-order valence-electron chi connectivity index (χ0n) is 23.3. The zero-order chi connectivity index (χ0) is 29.3. The van der Waals surface area contributed by atoms with Gasteiger partial charge in [-0.05, 0) is 58.7 Å². The second kappa shape index (κ2) is 11.1. The SMILES string of the molecule is Cc1c(-c2cc(OCC(O)c3ccc(F)cn3)c3c(C#N)cnn3c2)nnn1C1CCN(C(=O)OC(C)(C)C)CC1. The number of halogens is 1. The zero-order valence-corrected chi connectivity index (χ0v) is 23.3. The number of aliphatic hydroxyl groups excluding tert-OH is 1. The first kappa shape index (κ1) is 28.0. The minimum atomic E-state index is -1.12. The van der Waals surface area contributed by atoms with E-state index in [1.54, 1.807) is 17.2 Å². The average Bonchev–Trinajstić information content (AvgIpc) is 3.54. The van der Waals surface area contributed by atoms with Crippen LogP contribution in [0.5, 0.6) is 5.75 Å². The molecule has 4 aromatic rings. The lowest BCUT2D eigenvalue weighted by Gasteiger charge is -2.33. The first-order valence-corrected chi connectivity index (χ1v) is 13.3. The van der Waals surface area contributed by atoms with Crippen molar-refractivity contribution in [1.82, 2.24) is 34.5 Å². The van der Waals surface area contributed by atoms with Gasteiger partial charge < -0.3 is 19.5 Å². The number of hydrogen-bond acceptors (Lipinski definition) is 9.